The van der Waals surface area contributed by atoms with Crippen LogP contribution in [0.5, 0.6) is 11.5 Å². The number of unbranched alkanes of at least 4 members (excludes halogenated alkanes) is 6. The van der Waals surface area contributed by atoms with Gasteiger partial charge in [-0.3, -0.25) is 9.59 Å². The molecule has 4 rings (SSSR count). The largest absolute Gasteiger partial charge is 0.493 e. The fourth-order valence-electron chi connectivity index (χ4n) is 5.03. The average Bonchev–Trinajstić information content (AvgIpc) is 3.06. The van der Waals surface area contributed by atoms with Crippen molar-refractivity contribution in [1.29, 1.82) is 0 Å². The van der Waals surface area contributed by atoms with Crippen LogP contribution in [0.2, 0.25) is 0 Å². The van der Waals surface area contributed by atoms with Crippen molar-refractivity contribution >= 4 is 23.2 Å². The molecule has 0 saturated heterocycles. The Labute approximate surface area is 268 Å². The monoisotopic (exact) mass is 606 g/mol. The molecule has 6 heteroatoms. The van der Waals surface area contributed by atoms with Gasteiger partial charge in [0, 0.05) is 11.4 Å². The molecule has 0 unspecified atom stereocenters. The number of rotatable bonds is 18. The van der Waals surface area contributed by atoms with Crippen molar-refractivity contribution in [2.24, 2.45) is 0 Å². The predicted molar refractivity (Wildman–Crippen MR) is 184 cm³/mol. The minimum absolute atomic E-state index is 0.189. The molecule has 2 amide bonds. The smallest absolute Gasteiger partial charge is 0.259 e. The second-order valence-corrected chi connectivity index (χ2v) is 11.3. The molecule has 45 heavy (non-hydrogen) atoms. The van der Waals surface area contributed by atoms with E-state index in [1.54, 1.807) is 12.1 Å². The Bertz CT molecular complexity index is 1370. The SMILES string of the molecule is CCCCCCOc1ccccc1C(=O)Nc1ccc(Cc2ccc(NC(=O)c3ccccc3OCCCCCC)cc2)cc1. The summed E-state index contributed by atoms with van der Waals surface area (Å²) in [7, 11) is 0. The van der Waals surface area contributed by atoms with Crippen molar-refractivity contribution in [3.05, 3.63) is 119 Å². The van der Waals surface area contributed by atoms with E-state index in [-0.39, 0.29) is 11.8 Å². The van der Waals surface area contributed by atoms with Crippen LogP contribution < -0.4 is 20.1 Å². The highest BCUT2D eigenvalue weighted by atomic mass is 16.5. The van der Waals surface area contributed by atoms with Crippen LogP contribution in [-0.2, 0) is 6.42 Å². The van der Waals surface area contributed by atoms with Crippen molar-refractivity contribution in [3.8, 4) is 11.5 Å². The third-order valence-electron chi connectivity index (χ3n) is 7.61. The maximum atomic E-state index is 13.0. The van der Waals surface area contributed by atoms with Crippen LogP contribution in [0, 0.1) is 0 Å². The Morgan fingerprint density at radius 3 is 1.31 bits per heavy atom. The van der Waals surface area contributed by atoms with Crippen molar-refractivity contribution in [2.45, 2.75) is 71.6 Å². The average molecular weight is 607 g/mol. The fraction of sp³-hybridized carbons (Fsp3) is 0.333. The van der Waals surface area contributed by atoms with Crippen LogP contribution in [0.3, 0.4) is 0 Å². The minimum atomic E-state index is -0.189. The van der Waals surface area contributed by atoms with E-state index in [9.17, 15) is 9.59 Å². The van der Waals surface area contributed by atoms with Gasteiger partial charge in [0.1, 0.15) is 11.5 Å². The minimum Gasteiger partial charge on any atom is -0.493 e. The Kier molecular flexibility index (Phi) is 13.5. The molecular formula is C39H46N2O4. The normalized spacial score (nSPS) is 10.7. The molecule has 4 aromatic rings. The lowest BCUT2D eigenvalue weighted by Gasteiger charge is -2.12. The Morgan fingerprint density at radius 1 is 0.511 bits per heavy atom. The number of amides is 2. The highest BCUT2D eigenvalue weighted by molar-refractivity contribution is 6.06. The second kappa shape index (κ2) is 18.3. The standard InChI is InChI=1S/C39H46N2O4/c1-3-5-7-13-27-44-36-17-11-9-15-34(36)38(42)40-32-23-19-30(20-24-32)29-31-21-25-33(26-22-31)41-39(43)35-16-10-12-18-37(35)45-28-14-8-6-4-2/h9-12,15-26H,3-8,13-14,27-29H2,1-2H3,(H,40,42)(H,41,43). The molecule has 0 saturated carbocycles. The summed E-state index contributed by atoms with van der Waals surface area (Å²) < 4.78 is 11.8. The van der Waals surface area contributed by atoms with Crippen molar-refractivity contribution in [1.82, 2.24) is 0 Å². The summed E-state index contributed by atoms with van der Waals surface area (Å²) in [6.07, 6.45) is 9.67. The maximum absolute atomic E-state index is 13.0. The molecule has 0 aliphatic carbocycles. The first-order chi connectivity index (χ1) is 22.1. The number of hydrogen-bond donors (Lipinski definition) is 2. The topological polar surface area (TPSA) is 76.7 Å². The molecule has 236 valence electrons. The van der Waals surface area contributed by atoms with Gasteiger partial charge in [-0.15, -0.1) is 0 Å². The van der Waals surface area contributed by atoms with E-state index in [0.717, 1.165) is 54.6 Å². The zero-order valence-corrected chi connectivity index (χ0v) is 26.6. The zero-order valence-electron chi connectivity index (χ0n) is 26.6. The van der Waals surface area contributed by atoms with Crippen LogP contribution in [0.4, 0.5) is 11.4 Å². The van der Waals surface area contributed by atoms with E-state index in [0.29, 0.717) is 35.8 Å². The van der Waals surface area contributed by atoms with Gasteiger partial charge < -0.3 is 20.1 Å². The first-order valence-corrected chi connectivity index (χ1v) is 16.3. The molecule has 0 fully saturated rings. The number of ether oxygens (including phenoxy) is 2. The lowest BCUT2D eigenvalue weighted by atomic mass is 10.0. The molecule has 0 heterocycles. The van der Waals surface area contributed by atoms with Gasteiger partial charge in [-0.1, -0.05) is 101 Å². The molecule has 0 bridgehead atoms. The van der Waals surface area contributed by atoms with Crippen LogP contribution in [-0.4, -0.2) is 25.0 Å². The molecular weight excluding hydrogens is 560 g/mol. The Balaban J connectivity index is 1.28. The lowest BCUT2D eigenvalue weighted by molar-refractivity contribution is 0.101. The molecule has 0 aliphatic heterocycles. The van der Waals surface area contributed by atoms with Gasteiger partial charge in [0.15, 0.2) is 0 Å². The van der Waals surface area contributed by atoms with E-state index >= 15 is 0 Å². The molecule has 0 aromatic heterocycles. The first-order valence-electron chi connectivity index (χ1n) is 16.3. The summed E-state index contributed by atoms with van der Waals surface area (Å²) in [6.45, 7) is 5.58. The van der Waals surface area contributed by atoms with Gasteiger partial charge in [0.2, 0.25) is 0 Å². The van der Waals surface area contributed by atoms with Crippen molar-refractivity contribution in [2.75, 3.05) is 23.8 Å². The fourth-order valence-corrected chi connectivity index (χ4v) is 5.03. The number of carbonyl (C=O) groups excluding carboxylic acids is 2. The number of carbonyl (C=O) groups is 2. The Morgan fingerprint density at radius 2 is 0.911 bits per heavy atom. The highest BCUT2D eigenvalue weighted by Gasteiger charge is 2.14. The van der Waals surface area contributed by atoms with E-state index in [2.05, 4.69) is 24.5 Å². The van der Waals surface area contributed by atoms with Gasteiger partial charge >= 0.3 is 0 Å². The predicted octanol–water partition coefficient (Wildman–Crippen LogP) is 9.70. The highest BCUT2D eigenvalue weighted by Crippen LogP contribution is 2.23. The number of para-hydroxylation sites is 2. The summed E-state index contributed by atoms with van der Waals surface area (Å²) in [5.74, 6) is 0.840. The molecule has 4 aromatic carbocycles. The molecule has 0 spiro atoms. The summed E-state index contributed by atoms with van der Waals surface area (Å²) in [4.78, 5) is 26.0. The van der Waals surface area contributed by atoms with Crippen molar-refractivity contribution in [3.63, 3.8) is 0 Å². The van der Waals surface area contributed by atoms with Crippen LogP contribution >= 0.6 is 0 Å². The zero-order chi connectivity index (χ0) is 31.7. The summed E-state index contributed by atoms with van der Waals surface area (Å²) in [5.41, 5.74) is 4.75. The van der Waals surface area contributed by atoms with Crippen LogP contribution in [0.1, 0.15) is 97.1 Å². The molecule has 6 nitrogen and oxygen atoms in total. The third-order valence-corrected chi connectivity index (χ3v) is 7.61. The second-order valence-electron chi connectivity index (χ2n) is 11.3. The molecule has 0 radical (unpaired) electrons. The van der Waals surface area contributed by atoms with E-state index in [4.69, 9.17) is 9.47 Å². The van der Waals surface area contributed by atoms with E-state index in [1.807, 2.05) is 84.9 Å². The van der Waals surface area contributed by atoms with Gasteiger partial charge in [-0.05, 0) is 78.9 Å². The van der Waals surface area contributed by atoms with Crippen molar-refractivity contribution < 1.29 is 19.1 Å². The summed E-state index contributed by atoms with van der Waals surface area (Å²) in [5, 5.41) is 5.99. The third kappa shape index (κ3) is 10.8. The van der Waals surface area contributed by atoms with Gasteiger partial charge in [-0.2, -0.15) is 0 Å². The van der Waals surface area contributed by atoms with Gasteiger partial charge in [0.05, 0.1) is 24.3 Å². The van der Waals surface area contributed by atoms with Gasteiger partial charge in [-0.25, -0.2) is 0 Å². The van der Waals surface area contributed by atoms with Crippen LogP contribution in [0.25, 0.3) is 0 Å². The molecule has 2 N–H and O–H groups in total. The summed E-state index contributed by atoms with van der Waals surface area (Å²) >= 11 is 0. The first kappa shape index (κ1) is 33.3. The molecule has 0 atom stereocenters. The van der Waals surface area contributed by atoms with Gasteiger partial charge in [0.25, 0.3) is 11.8 Å². The van der Waals surface area contributed by atoms with Crippen LogP contribution in [0.15, 0.2) is 97.1 Å². The number of hydrogen-bond acceptors (Lipinski definition) is 4. The van der Waals surface area contributed by atoms with E-state index < -0.39 is 0 Å². The van der Waals surface area contributed by atoms with E-state index in [1.165, 1.54) is 25.7 Å². The Hall–Kier alpha value is -4.58. The number of benzene rings is 4. The quantitative estimate of drug-likeness (QED) is 0.111. The summed E-state index contributed by atoms with van der Waals surface area (Å²) in [6, 6.07) is 30.5. The number of anilines is 2. The number of nitrogens with one attached hydrogen (secondary N) is 2. The lowest BCUT2D eigenvalue weighted by Crippen LogP contribution is -2.14. The molecule has 0 aliphatic rings. The maximum Gasteiger partial charge on any atom is 0.259 e.